The van der Waals surface area contributed by atoms with Gasteiger partial charge in [-0.2, -0.15) is 0 Å². The summed E-state index contributed by atoms with van der Waals surface area (Å²) in [5, 5.41) is 10.1. The van der Waals surface area contributed by atoms with Gasteiger partial charge < -0.3 is 24.1 Å². The minimum absolute atomic E-state index is 0.499. The van der Waals surface area contributed by atoms with Crippen molar-refractivity contribution in [3.63, 3.8) is 0 Å². The van der Waals surface area contributed by atoms with E-state index in [1.165, 1.54) is 0 Å². The zero-order valence-electron chi connectivity index (χ0n) is 11.8. The molecular formula is C15H22O5. The monoisotopic (exact) mass is 282 g/mol. The van der Waals surface area contributed by atoms with Crippen LogP contribution in [0.2, 0.25) is 0 Å². The first-order valence-electron chi connectivity index (χ1n) is 6.95. The topological polar surface area (TPSA) is 57.2 Å². The molecule has 0 bridgehead atoms. The predicted molar refractivity (Wildman–Crippen MR) is 74.3 cm³/mol. The van der Waals surface area contributed by atoms with Crippen molar-refractivity contribution in [3.05, 3.63) is 23.8 Å². The van der Waals surface area contributed by atoms with Crippen LogP contribution in [-0.2, 0) is 9.47 Å². The smallest absolute Gasteiger partial charge is 0.161 e. The maximum absolute atomic E-state index is 10.1. The molecule has 0 amide bonds. The van der Waals surface area contributed by atoms with Crippen LogP contribution in [0.3, 0.4) is 0 Å². The number of ether oxygens (including phenoxy) is 4. The van der Waals surface area contributed by atoms with E-state index in [0.29, 0.717) is 45.2 Å². The summed E-state index contributed by atoms with van der Waals surface area (Å²) in [6, 6.07) is 5.57. The summed E-state index contributed by atoms with van der Waals surface area (Å²) in [6.07, 6.45) is 0.859. The molecule has 1 aliphatic rings. The van der Waals surface area contributed by atoms with Crippen LogP contribution < -0.4 is 9.47 Å². The van der Waals surface area contributed by atoms with E-state index >= 15 is 0 Å². The Morgan fingerprint density at radius 1 is 1.15 bits per heavy atom. The van der Waals surface area contributed by atoms with E-state index in [9.17, 15) is 5.11 Å². The predicted octanol–water partition coefficient (Wildman–Crippen LogP) is 1.93. The second-order valence-corrected chi connectivity index (χ2v) is 4.67. The minimum Gasteiger partial charge on any atom is -0.490 e. The summed E-state index contributed by atoms with van der Waals surface area (Å²) in [5.41, 5.74) is 0.824. The van der Waals surface area contributed by atoms with Gasteiger partial charge in [0.2, 0.25) is 0 Å². The number of rotatable bonds is 7. The molecule has 20 heavy (non-hydrogen) atoms. The standard InChI is InChI=1S/C15H22O5/c1-17-9-10-18-8-5-13(16)12-3-4-14-15(11-12)20-7-2-6-19-14/h3-4,11,13,16H,2,5-10H2,1H3. The van der Waals surface area contributed by atoms with Gasteiger partial charge in [-0.25, -0.2) is 0 Å². The van der Waals surface area contributed by atoms with Gasteiger partial charge in [0.15, 0.2) is 11.5 Å². The van der Waals surface area contributed by atoms with Crippen molar-refractivity contribution in [2.75, 3.05) is 40.1 Å². The Morgan fingerprint density at radius 2 is 1.95 bits per heavy atom. The van der Waals surface area contributed by atoms with Crippen molar-refractivity contribution < 1.29 is 24.1 Å². The molecule has 1 heterocycles. The molecule has 2 rings (SSSR count). The van der Waals surface area contributed by atoms with Gasteiger partial charge in [-0.3, -0.25) is 0 Å². The fourth-order valence-electron chi connectivity index (χ4n) is 1.99. The molecule has 1 aromatic carbocycles. The van der Waals surface area contributed by atoms with Crippen LogP contribution in [0.4, 0.5) is 0 Å². The Bertz CT molecular complexity index is 407. The number of benzene rings is 1. The molecule has 5 heteroatoms. The summed E-state index contributed by atoms with van der Waals surface area (Å²) in [4.78, 5) is 0. The number of hydrogen-bond acceptors (Lipinski definition) is 5. The van der Waals surface area contributed by atoms with Crippen molar-refractivity contribution in [2.24, 2.45) is 0 Å². The third-order valence-electron chi connectivity index (χ3n) is 3.12. The third-order valence-corrected chi connectivity index (χ3v) is 3.12. The second-order valence-electron chi connectivity index (χ2n) is 4.67. The lowest BCUT2D eigenvalue weighted by Crippen LogP contribution is -2.07. The SMILES string of the molecule is COCCOCCC(O)c1ccc2c(c1)OCCCO2. The van der Waals surface area contributed by atoms with Gasteiger partial charge >= 0.3 is 0 Å². The molecule has 0 radical (unpaired) electrons. The molecule has 0 saturated carbocycles. The molecule has 1 aliphatic heterocycles. The molecule has 0 saturated heterocycles. The molecule has 0 aromatic heterocycles. The Balaban J connectivity index is 1.86. The highest BCUT2D eigenvalue weighted by Gasteiger charge is 2.14. The van der Waals surface area contributed by atoms with Gasteiger partial charge in [-0.1, -0.05) is 6.07 Å². The van der Waals surface area contributed by atoms with Crippen LogP contribution in [0, 0.1) is 0 Å². The van der Waals surface area contributed by atoms with Crippen molar-refractivity contribution in [1.82, 2.24) is 0 Å². The number of aliphatic hydroxyl groups excluding tert-OH is 1. The van der Waals surface area contributed by atoms with Crippen LogP contribution in [0.15, 0.2) is 18.2 Å². The molecule has 1 atom stereocenters. The van der Waals surface area contributed by atoms with E-state index in [0.717, 1.165) is 17.7 Å². The van der Waals surface area contributed by atoms with E-state index in [4.69, 9.17) is 18.9 Å². The van der Waals surface area contributed by atoms with E-state index in [2.05, 4.69) is 0 Å². The highest BCUT2D eigenvalue weighted by atomic mass is 16.5. The lowest BCUT2D eigenvalue weighted by atomic mass is 10.1. The fourth-order valence-corrected chi connectivity index (χ4v) is 1.99. The van der Waals surface area contributed by atoms with Gasteiger partial charge in [0, 0.05) is 26.6 Å². The highest BCUT2D eigenvalue weighted by Crippen LogP contribution is 2.32. The molecule has 5 nitrogen and oxygen atoms in total. The zero-order chi connectivity index (χ0) is 14.2. The first-order chi connectivity index (χ1) is 9.81. The first kappa shape index (κ1) is 15.1. The number of hydrogen-bond donors (Lipinski definition) is 1. The molecule has 1 unspecified atom stereocenters. The largest absolute Gasteiger partial charge is 0.490 e. The maximum Gasteiger partial charge on any atom is 0.161 e. The normalized spacial score (nSPS) is 15.7. The molecule has 112 valence electrons. The summed E-state index contributed by atoms with van der Waals surface area (Å²) in [5.74, 6) is 1.45. The van der Waals surface area contributed by atoms with E-state index in [1.807, 2.05) is 18.2 Å². The zero-order valence-corrected chi connectivity index (χ0v) is 11.8. The van der Waals surface area contributed by atoms with Gasteiger partial charge in [0.25, 0.3) is 0 Å². The van der Waals surface area contributed by atoms with Crippen LogP contribution in [-0.4, -0.2) is 45.3 Å². The summed E-state index contributed by atoms with van der Waals surface area (Å²) >= 11 is 0. The van der Waals surface area contributed by atoms with Crippen LogP contribution in [0.5, 0.6) is 11.5 Å². The number of fused-ring (bicyclic) bond motifs is 1. The van der Waals surface area contributed by atoms with Gasteiger partial charge in [-0.15, -0.1) is 0 Å². The van der Waals surface area contributed by atoms with Gasteiger partial charge in [-0.05, 0) is 17.7 Å². The van der Waals surface area contributed by atoms with Crippen molar-refractivity contribution in [1.29, 1.82) is 0 Å². The average Bonchev–Trinajstić information content (AvgIpc) is 2.71. The molecular weight excluding hydrogens is 260 g/mol. The molecule has 1 N–H and O–H groups in total. The average molecular weight is 282 g/mol. The lowest BCUT2D eigenvalue weighted by Gasteiger charge is -2.14. The molecule has 0 fully saturated rings. The molecule has 0 aliphatic carbocycles. The molecule has 1 aromatic rings. The number of methoxy groups -OCH3 is 1. The molecule has 0 spiro atoms. The van der Waals surface area contributed by atoms with Gasteiger partial charge in [0.05, 0.1) is 32.5 Å². The highest BCUT2D eigenvalue weighted by molar-refractivity contribution is 5.44. The number of aliphatic hydroxyl groups is 1. The van der Waals surface area contributed by atoms with Gasteiger partial charge in [0.1, 0.15) is 0 Å². The summed E-state index contributed by atoms with van der Waals surface area (Å²) in [7, 11) is 1.63. The Morgan fingerprint density at radius 3 is 2.75 bits per heavy atom. The van der Waals surface area contributed by atoms with Crippen LogP contribution >= 0.6 is 0 Å². The Kier molecular flexibility index (Phi) is 6.11. The summed E-state index contributed by atoms with van der Waals surface area (Å²) in [6.45, 7) is 2.93. The first-order valence-corrected chi connectivity index (χ1v) is 6.95. The van der Waals surface area contributed by atoms with Crippen molar-refractivity contribution in [3.8, 4) is 11.5 Å². The second kappa shape index (κ2) is 8.09. The van der Waals surface area contributed by atoms with E-state index in [1.54, 1.807) is 7.11 Å². The fraction of sp³-hybridized carbons (Fsp3) is 0.600. The Labute approximate surface area is 119 Å². The van der Waals surface area contributed by atoms with Crippen molar-refractivity contribution in [2.45, 2.75) is 18.9 Å². The summed E-state index contributed by atoms with van der Waals surface area (Å²) < 4.78 is 21.4. The minimum atomic E-state index is -0.560. The van der Waals surface area contributed by atoms with Crippen LogP contribution in [0.1, 0.15) is 24.5 Å². The lowest BCUT2D eigenvalue weighted by molar-refractivity contribution is 0.0475. The van der Waals surface area contributed by atoms with Crippen LogP contribution in [0.25, 0.3) is 0 Å². The Hall–Kier alpha value is -1.30. The van der Waals surface area contributed by atoms with E-state index in [-0.39, 0.29) is 0 Å². The maximum atomic E-state index is 10.1. The van der Waals surface area contributed by atoms with Crippen molar-refractivity contribution >= 4 is 0 Å². The van der Waals surface area contributed by atoms with E-state index < -0.39 is 6.10 Å². The quantitative estimate of drug-likeness (QED) is 0.774. The third kappa shape index (κ3) is 4.37.